The molecule has 1 aliphatic rings. The number of aromatic amines is 1. The zero-order valence-electron chi connectivity index (χ0n) is 13.8. The van der Waals surface area contributed by atoms with Crippen LogP contribution in [0.2, 0.25) is 0 Å². The number of hydrogen-bond donors (Lipinski definition) is 1. The topological polar surface area (TPSA) is 32.9 Å². The largest absolute Gasteiger partial charge is 0.352 e. The van der Waals surface area contributed by atoms with Gasteiger partial charge in [0.1, 0.15) is 11.6 Å². The number of benzene rings is 2. The van der Waals surface area contributed by atoms with E-state index in [-0.39, 0.29) is 12.2 Å². The number of Topliss-reactive ketones (excluding diaryl/α,β-unsaturated/α-hetero) is 1. The fourth-order valence-electron chi connectivity index (χ4n) is 3.81. The number of ketones is 1. The molecule has 1 saturated carbocycles. The molecule has 1 heterocycles. The van der Waals surface area contributed by atoms with Gasteiger partial charge in [0.15, 0.2) is 5.78 Å². The van der Waals surface area contributed by atoms with Crippen molar-refractivity contribution in [2.75, 3.05) is 0 Å². The van der Waals surface area contributed by atoms with E-state index in [9.17, 15) is 13.6 Å². The Morgan fingerprint density at radius 3 is 2.44 bits per heavy atom. The van der Waals surface area contributed by atoms with Gasteiger partial charge in [-0.3, -0.25) is 4.79 Å². The molecule has 1 N–H and O–H groups in total. The van der Waals surface area contributed by atoms with Crippen molar-refractivity contribution >= 4 is 16.7 Å². The number of rotatable bonds is 4. The Morgan fingerprint density at radius 1 is 1.00 bits per heavy atom. The molecule has 0 amide bonds. The lowest BCUT2D eigenvalue weighted by Crippen LogP contribution is -2.04. The van der Waals surface area contributed by atoms with Crippen LogP contribution in [0.25, 0.3) is 10.9 Å². The van der Waals surface area contributed by atoms with E-state index in [1.165, 1.54) is 43.4 Å². The van der Waals surface area contributed by atoms with Gasteiger partial charge in [-0.2, -0.15) is 0 Å². The molecule has 128 valence electrons. The van der Waals surface area contributed by atoms with E-state index in [0.29, 0.717) is 17.2 Å². The molecule has 0 unspecified atom stereocenters. The van der Waals surface area contributed by atoms with Crippen LogP contribution in [0.15, 0.2) is 42.5 Å². The van der Waals surface area contributed by atoms with Crippen LogP contribution >= 0.6 is 0 Å². The minimum absolute atomic E-state index is 0.0308. The van der Waals surface area contributed by atoms with Gasteiger partial charge in [0.25, 0.3) is 0 Å². The molecule has 0 spiro atoms. The maximum Gasteiger partial charge on any atom is 0.183 e. The van der Waals surface area contributed by atoms with Gasteiger partial charge < -0.3 is 4.98 Å². The predicted molar refractivity (Wildman–Crippen MR) is 93.9 cm³/mol. The lowest BCUT2D eigenvalue weighted by Gasteiger charge is -2.08. The van der Waals surface area contributed by atoms with E-state index in [4.69, 9.17) is 0 Å². The molecule has 1 fully saturated rings. The molecule has 0 bridgehead atoms. The van der Waals surface area contributed by atoms with Crippen LogP contribution in [0.3, 0.4) is 0 Å². The molecule has 2 aromatic carbocycles. The number of carbonyl (C=O) groups is 1. The van der Waals surface area contributed by atoms with Crippen molar-refractivity contribution in [1.29, 1.82) is 0 Å². The van der Waals surface area contributed by atoms with Crippen molar-refractivity contribution in [3.63, 3.8) is 0 Å². The number of halogens is 2. The van der Waals surface area contributed by atoms with Crippen molar-refractivity contribution in [2.24, 2.45) is 0 Å². The fraction of sp³-hybridized carbons (Fsp3) is 0.286. The van der Waals surface area contributed by atoms with Gasteiger partial charge >= 0.3 is 0 Å². The quantitative estimate of drug-likeness (QED) is 0.623. The highest BCUT2D eigenvalue weighted by atomic mass is 19.1. The second-order valence-electron chi connectivity index (χ2n) is 6.89. The minimum atomic E-state index is -0.666. The zero-order chi connectivity index (χ0) is 17.4. The Kier molecular flexibility index (Phi) is 4.12. The Morgan fingerprint density at radius 2 is 1.72 bits per heavy atom. The van der Waals surface area contributed by atoms with Gasteiger partial charge in [0.05, 0.1) is 5.69 Å². The standard InChI is InChI=1S/C21H19F2NO/c22-17-7-13(8-18(23)12-17)9-21(25)20-11-16-10-15(5-6-19(16)24-20)14-3-1-2-4-14/h5-8,10-12,14,24H,1-4,9H2. The van der Waals surface area contributed by atoms with E-state index < -0.39 is 11.6 Å². The molecule has 0 saturated heterocycles. The van der Waals surface area contributed by atoms with E-state index in [0.717, 1.165) is 17.0 Å². The Labute approximate surface area is 144 Å². The maximum atomic E-state index is 13.3. The Bertz CT molecular complexity index is 918. The van der Waals surface area contributed by atoms with Crippen molar-refractivity contribution in [3.05, 3.63) is 70.9 Å². The summed E-state index contributed by atoms with van der Waals surface area (Å²) >= 11 is 0. The molecule has 0 aliphatic heterocycles. The van der Waals surface area contributed by atoms with Crippen LogP contribution < -0.4 is 0 Å². The summed E-state index contributed by atoms with van der Waals surface area (Å²) < 4.78 is 26.6. The lowest BCUT2D eigenvalue weighted by molar-refractivity contribution is 0.0989. The highest BCUT2D eigenvalue weighted by Gasteiger charge is 2.18. The summed E-state index contributed by atoms with van der Waals surface area (Å²) in [5.74, 6) is -0.890. The van der Waals surface area contributed by atoms with Gasteiger partial charge in [-0.25, -0.2) is 8.78 Å². The van der Waals surface area contributed by atoms with E-state index in [1.54, 1.807) is 0 Å². The summed E-state index contributed by atoms with van der Waals surface area (Å²) in [6, 6.07) is 11.3. The van der Waals surface area contributed by atoms with Crippen LogP contribution in [-0.4, -0.2) is 10.8 Å². The number of aromatic nitrogens is 1. The molecular formula is C21H19F2NO. The molecule has 0 radical (unpaired) electrons. The first-order chi connectivity index (χ1) is 12.1. The van der Waals surface area contributed by atoms with Crippen molar-refractivity contribution in [3.8, 4) is 0 Å². The van der Waals surface area contributed by atoms with Gasteiger partial charge in [-0.15, -0.1) is 0 Å². The van der Waals surface area contributed by atoms with Crippen molar-refractivity contribution in [2.45, 2.75) is 38.0 Å². The monoisotopic (exact) mass is 339 g/mol. The number of fused-ring (bicyclic) bond motifs is 1. The Balaban J connectivity index is 1.59. The smallest absolute Gasteiger partial charge is 0.183 e. The SMILES string of the molecule is O=C(Cc1cc(F)cc(F)c1)c1cc2cc(C3CCCC3)ccc2[nH]1. The number of nitrogens with one attached hydrogen (secondary N) is 1. The van der Waals surface area contributed by atoms with Gasteiger partial charge in [0, 0.05) is 23.4 Å². The van der Waals surface area contributed by atoms with Crippen molar-refractivity contribution < 1.29 is 13.6 Å². The first-order valence-corrected chi connectivity index (χ1v) is 8.69. The minimum Gasteiger partial charge on any atom is -0.352 e. The molecule has 4 heteroatoms. The molecular weight excluding hydrogens is 320 g/mol. The first-order valence-electron chi connectivity index (χ1n) is 8.69. The summed E-state index contributed by atoms with van der Waals surface area (Å²) in [5, 5.41) is 1.01. The van der Waals surface area contributed by atoms with Crippen LogP contribution in [0.1, 0.15) is 53.2 Å². The van der Waals surface area contributed by atoms with Gasteiger partial charge in [-0.1, -0.05) is 18.9 Å². The molecule has 1 aromatic heterocycles. The summed E-state index contributed by atoms with van der Waals surface area (Å²) in [7, 11) is 0. The third kappa shape index (κ3) is 3.34. The van der Waals surface area contributed by atoms with Crippen LogP contribution in [0, 0.1) is 11.6 Å². The number of hydrogen-bond acceptors (Lipinski definition) is 1. The first kappa shape index (κ1) is 16.0. The third-order valence-electron chi connectivity index (χ3n) is 5.06. The third-order valence-corrected chi connectivity index (χ3v) is 5.06. The Hall–Kier alpha value is -2.49. The van der Waals surface area contributed by atoms with Crippen LogP contribution in [0.4, 0.5) is 8.78 Å². The molecule has 25 heavy (non-hydrogen) atoms. The van der Waals surface area contributed by atoms with Gasteiger partial charge in [0.2, 0.25) is 0 Å². The van der Waals surface area contributed by atoms with E-state index in [2.05, 4.69) is 17.1 Å². The number of H-pyrrole nitrogens is 1. The number of carbonyl (C=O) groups excluding carboxylic acids is 1. The fourth-order valence-corrected chi connectivity index (χ4v) is 3.81. The maximum absolute atomic E-state index is 13.3. The summed E-state index contributed by atoms with van der Waals surface area (Å²) in [5.41, 5.74) is 3.06. The second kappa shape index (κ2) is 6.43. The zero-order valence-corrected chi connectivity index (χ0v) is 13.8. The van der Waals surface area contributed by atoms with E-state index >= 15 is 0 Å². The second-order valence-corrected chi connectivity index (χ2v) is 6.89. The average molecular weight is 339 g/mol. The van der Waals surface area contributed by atoms with Crippen LogP contribution in [0.5, 0.6) is 0 Å². The highest BCUT2D eigenvalue weighted by molar-refractivity contribution is 6.00. The lowest BCUT2D eigenvalue weighted by atomic mass is 9.96. The highest BCUT2D eigenvalue weighted by Crippen LogP contribution is 2.35. The molecule has 1 aliphatic carbocycles. The van der Waals surface area contributed by atoms with Gasteiger partial charge in [-0.05, 0) is 60.2 Å². The normalized spacial score (nSPS) is 15.1. The van der Waals surface area contributed by atoms with Crippen LogP contribution in [-0.2, 0) is 6.42 Å². The summed E-state index contributed by atoms with van der Waals surface area (Å²) in [6.07, 6.45) is 4.99. The molecule has 2 nitrogen and oxygen atoms in total. The molecule has 3 aromatic rings. The van der Waals surface area contributed by atoms with Crippen molar-refractivity contribution in [1.82, 2.24) is 4.98 Å². The van der Waals surface area contributed by atoms with E-state index in [1.807, 2.05) is 12.1 Å². The predicted octanol–water partition coefficient (Wildman–Crippen LogP) is 5.53. The molecule has 4 rings (SSSR count). The summed E-state index contributed by atoms with van der Waals surface area (Å²) in [6.45, 7) is 0. The average Bonchev–Trinajstić information content (AvgIpc) is 3.22. The summed E-state index contributed by atoms with van der Waals surface area (Å²) in [4.78, 5) is 15.6. The molecule has 0 atom stereocenters.